The second-order valence-electron chi connectivity index (χ2n) is 5.16. The first-order valence-electron chi connectivity index (χ1n) is 6.56. The number of amides is 2. The van der Waals surface area contributed by atoms with Crippen LogP contribution in [-0.2, 0) is 9.59 Å². The highest BCUT2D eigenvalue weighted by molar-refractivity contribution is 9.10. The van der Waals surface area contributed by atoms with Crippen molar-refractivity contribution in [2.75, 3.05) is 11.4 Å². The highest BCUT2D eigenvalue weighted by Gasteiger charge is 2.40. The van der Waals surface area contributed by atoms with Crippen molar-refractivity contribution in [3.8, 4) is 0 Å². The standard InChI is InChI=1S/C14H15BrF2N2O2/c1-3-14(2)13(21)19(5-4-12(20)18-14)11-6-8(15)9(16)7-10(11)17/h6-7H,3-5H2,1-2H3,(H,18,20). The number of carbonyl (C=O) groups excluding carboxylic acids is 2. The molecule has 1 aromatic carbocycles. The first kappa shape index (κ1) is 15.9. The number of halogens is 3. The molecule has 1 aliphatic rings. The number of anilines is 1. The third-order valence-corrected chi connectivity index (χ3v) is 4.29. The van der Waals surface area contributed by atoms with Crippen molar-refractivity contribution in [1.29, 1.82) is 0 Å². The highest BCUT2D eigenvalue weighted by atomic mass is 79.9. The smallest absolute Gasteiger partial charge is 0.252 e. The normalized spacial score (nSPS) is 23.0. The van der Waals surface area contributed by atoms with Crippen LogP contribution in [0.3, 0.4) is 0 Å². The van der Waals surface area contributed by atoms with Crippen LogP contribution in [0.2, 0.25) is 0 Å². The summed E-state index contributed by atoms with van der Waals surface area (Å²) in [5, 5.41) is 2.66. The van der Waals surface area contributed by atoms with Gasteiger partial charge in [0.1, 0.15) is 17.2 Å². The van der Waals surface area contributed by atoms with Crippen molar-refractivity contribution < 1.29 is 18.4 Å². The number of carbonyl (C=O) groups is 2. The molecule has 1 fully saturated rings. The number of hydrogen-bond donors (Lipinski definition) is 1. The van der Waals surface area contributed by atoms with E-state index in [1.165, 1.54) is 11.0 Å². The molecule has 7 heteroatoms. The molecule has 1 N–H and O–H groups in total. The zero-order chi connectivity index (χ0) is 15.8. The van der Waals surface area contributed by atoms with E-state index in [1.54, 1.807) is 13.8 Å². The summed E-state index contributed by atoms with van der Waals surface area (Å²) in [7, 11) is 0. The second-order valence-corrected chi connectivity index (χ2v) is 6.01. The van der Waals surface area contributed by atoms with Crippen LogP contribution in [0.25, 0.3) is 0 Å². The maximum absolute atomic E-state index is 14.0. The van der Waals surface area contributed by atoms with Crippen molar-refractivity contribution >= 4 is 33.4 Å². The van der Waals surface area contributed by atoms with Gasteiger partial charge in [-0.1, -0.05) is 6.92 Å². The predicted octanol–water partition coefficient (Wildman–Crippen LogP) is 2.75. The van der Waals surface area contributed by atoms with E-state index in [0.29, 0.717) is 6.42 Å². The van der Waals surface area contributed by atoms with Crippen LogP contribution in [0.15, 0.2) is 16.6 Å². The molecule has 1 aromatic rings. The quantitative estimate of drug-likeness (QED) is 0.824. The second kappa shape index (κ2) is 5.71. The molecule has 2 rings (SSSR count). The zero-order valence-electron chi connectivity index (χ0n) is 11.7. The Labute approximate surface area is 129 Å². The van der Waals surface area contributed by atoms with Gasteiger partial charge in [0.25, 0.3) is 5.91 Å². The molecule has 0 aliphatic carbocycles. The lowest BCUT2D eigenvalue weighted by molar-refractivity contribution is -0.129. The van der Waals surface area contributed by atoms with Gasteiger partial charge in [0.2, 0.25) is 5.91 Å². The Morgan fingerprint density at radius 1 is 1.33 bits per heavy atom. The molecule has 4 nitrogen and oxygen atoms in total. The van der Waals surface area contributed by atoms with Gasteiger partial charge in [0, 0.05) is 19.0 Å². The monoisotopic (exact) mass is 360 g/mol. The van der Waals surface area contributed by atoms with Crippen LogP contribution in [0, 0.1) is 11.6 Å². The van der Waals surface area contributed by atoms with Gasteiger partial charge in [0.15, 0.2) is 0 Å². The predicted molar refractivity (Wildman–Crippen MR) is 77.9 cm³/mol. The Hall–Kier alpha value is -1.50. The van der Waals surface area contributed by atoms with Gasteiger partial charge in [-0.25, -0.2) is 8.78 Å². The minimum absolute atomic E-state index is 0.0375. The molecule has 0 bridgehead atoms. The molecular formula is C14H15BrF2N2O2. The molecule has 0 saturated carbocycles. The number of benzene rings is 1. The lowest BCUT2D eigenvalue weighted by atomic mass is 9.97. The van der Waals surface area contributed by atoms with Crippen LogP contribution in [0.5, 0.6) is 0 Å². The molecular weight excluding hydrogens is 346 g/mol. The summed E-state index contributed by atoms with van der Waals surface area (Å²) in [5.74, 6) is -2.26. The molecule has 1 aliphatic heterocycles. The summed E-state index contributed by atoms with van der Waals surface area (Å²) in [6.45, 7) is 3.41. The summed E-state index contributed by atoms with van der Waals surface area (Å²) in [5.41, 5.74) is -1.13. The molecule has 0 radical (unpaired) electrons. The molecule has 1 atom stereocenters. The maximum atomic E-state index is 14.0. The molecule has 0 spiro atoms. The van der Waals surface area contributed by atoms with E-state index in [-0.39, 0.29) is 29.0 Å². The van der Waals surface area contributed by atoms with Gasteiger partial charge >= 0.3 is 0 Å². The number of rotatable bonds is 2. The molecule has 1 heterocycles. The van der Waals surface area contributed by atoms with Crippen LogP contribution in [0.4, 0.5) is 14.5 Å². The summed E-state index contributed by atoms with van der Waals surface area (Å²) >= 11 is 2.98. The highest BCUT2D eigenvalue weighted by Crippen LogP contribution is 2.30. The van der Waals surface area contributed by atoms with Crippen LogP contribution in [0.1, 0.15) is 26.7 Å². The molecule has 0 aromatic heterocycles. The van der Waals surface area contributed by atoms with Crippen LogP contribution < -0.4 is 10.2 Å². The summed E-state index contributed by atoms with van der Waals surface area (Å²) in [6.07, 6.45) is 0.438. The minimum atomic E-state index is -1.10. The fourth-order valence-electron chi connectivity index (χ4n) is 2.22. The average Bonchev–Trinajstić information content (AvgIpc) is 2.53. The fourth-order valence-corrected chi connectivity index (χ4v) is 2.56. The first-order chi connectivity index (χ1) is 9.78. The van der Waals surface area contributed by atoms with E-state index in [4.69, 9.17) is 0 Å². The van der Waals surface area contributed by atoms with E-state index in [1.807, 2.05) is 0 Å². The Bertz CT molecular complexity index is 609. The topological polar surface area (TPSA) is 49.4 Å². The van der Waals surface area contributed by atoms with Gasteiger partial charge < -0.3 is 10.2 Å². The number of hydrogen-bond acceptors (Lipinski definition) is 2. The Kier molecular flexibility index (Phi) is 4.32. The third-order valence-electron chi connectivity index (χ3n) is 3.68. The Morgan fingerprint density at radius 2 is 2.00 bits per heavy atom. The van der Waals surface area contributed by atoms with Crippen molar-refractivity contribution in [2.45, 2.75) is 32.2 Å². The molecule has 1 unspecified atom stereocenters. The van der Waals surface area contributed by atoms with Gasteiger partial charge in [0.05, 0.1) is 10.2 Å². The van der Waals surface area contributed by atoms with E-state index in [0.717, 1.165) is 6.07 Å². The number of nitrogens with zero attached hydrogens (tertiary/aromatic N) is 1. The lowest BCUT2D eigenvalue weighted by Crippen LogP contribution is -2.55. The molecule has 114 valence electrons. The van der Waals surface area contributed by atoms with E-state index >= 15 is 0 Å². The van der Waals surface area contributed by atoms with E-state index < -0.39 is 23.1 Å². The zero-order valence-corrected chi connectivity index (χ0v) is 13.3. The van der Waals surface area contributed by atoms with E-state index in [9.17, 15) is 18.4 Å². The van der Waals surface area contributed by atoms with Gasteiger partial charge in [-0.2, -0.15) is 0 Å². The first-order valence-corrected chi connectivity index (χ1v) is 7.35. The van der Waals surface area contributed by atoms with Gasteiger partial charge in [-0.05, 0) is 35.3 Å². The van der Waals surface area contributed by atoms with Gasteiger partial charge in [-0.15, -0.1) is 0 Å². The summed E-state index contributed by atoms with van der Waals surface area (Å²) < 4.78 is 27.4. The summed E-state index contributed by atoms with van der Waals surface area (Å²) in [6, 6.07) is 1.94. The van der Waals surface area contributed by atoms with Crippen molar-refractivity contribution in [1.82, 2.24) is 5.32 Å². The Morgan fingerprint density at radius 3 is 2.62 bits per heavy atom. The molecule has 2 amide bonds. The molecule has 1 saturated heterocycles. The lowest BCUT2D eigenvalue weighted by Gasteiger charge is -2.31. The third kappa shape index (κ3) is 2.92. The Balaban J connectivity index is 2.49. The largest absolute Gasteiger partial charge is 0.342 e. The molecule has 21 heavy (non-hydrogen) atoms. The SMILES string of the molecule is CCC1(C)NC(=O)CCN(c2cc(Br)c(F)cc2F)C1=O. The van der Waals surface area contributed by atoms with Crippen molar-refractivity contribution in [3.63, 3.8) is 0 Å². The minimum Gasteiger partial charge on any atom is -0.342 e. The van der Waals surface area contributed by atoms with Crippen molar-refractivity contribution in [3.05, 3.63) is 28.2 Å². The average molecular weight is 361 g/mol. The number of nitrogens with one attached hydrogen (secondary N) is 1. The maximum Gasteiger partial charge on any atom is 0.252 e. The van der Waals surface area contributed by atoms with Gasteiger partial charge in [-0.3, -0.25) is 9.59 Å². The van der Waals surface area contributed by atoms with E-state index in [2.05, 4.69) is 21.2 Å². The fraction of sp³-hybridized carbons (Fsp3) is 0.429. The summed E-state index contributed by atoms with van der Waals surface area (Å²) in [4.78, 5) is 25.6. The van der Waals surface area contributed by atoms with Crippen LogP contribution in [-0.4, -0.2) is 23.9 Å². The van der Waals surface area contributed by atoms with Crippen molar-refractivity contribution in [2.24, 2.45) is 0 Å². The van der Waals surface area contributed by atoms with Crippen LogP contribution >= 0.6 is 15.9 Å².